The van der Waals surface area contributed by atoms with Crippen LogP contribution in [0, 0.1) is 5.92 Å². The van der Waals surface area contributed by atoms with Gasteiger partial charge in [-0.05, 0) is 25.3 Å². The monoisotopic (exact) mass is 199 g/mol. The van der Waals surface area contributed by atoms with E-state index in [4.69, 9.17) is 4.74 Å². The smallest absolute Gasteiger partial charge is 0.0948 e. The van der Waals surface area contributed by atoms with Gasteiger partial charge >= 0.3 is 0 Å². The van der Waals surface area contributed by atoms with E-state index in [2.05, 4.69) is 5.32 Å². The molecule has 1 heterocycles. The lowest BCUT2D eigenvalue weighted by Gasteiger charge is -2.24. The molecule has 2 N–H and O–H groups in total. The zero-order chi connectivity index (χ0) is 9.80. The maximum Gasteiger partial charge on any atom is 0.0948 e. The first-order chi connectivity index (χ1) is 6.86. The van der Waals surface area contributed by atoms with Crippen molar-refractivity contribution in [3.8, 4) is 0 Å². The molecule has 3 nitrogen and oxygen atoms in total. The fraction of sp³-hybridized carbons (Fsp3) is 1.00. The summed E-state index contributed by atoms with van der Waals surface area (Å²) in [5.74, 6) is 0.830. The van der Waals surface area contributed by atoms with Crippen LogP contribution < -0.4 is 5.32 Å². The van der Waals surface area contributed by atoms with Crippen molar-refractivity contribution < 1.29 is 9.84 Å². The summed E-state index contributed by atoms with van der Waals surface area (Å²) in [7, 11) is 0. The first-order valence-electron chi connectivity index (χ1n) is 5.85. The molecule has 1 saturated carbocycles. The van der Waals surface area contributed by atoms with Gasteiger partial charge in [-0.2, -0.15) is 0 Å². The Morgan fingerprint density at radius 2 is 1.93 bits per heavy atom. The van der Waals surface area contributed by atoms with Crippen molar-refractivity contribution in [2.75, 3.05) is 19.8 Å². The molecule has 1 aliphatic carbocycles. The Balaban J connectivity index is 1.65. The molecule has 0 aromatic heterocycles. The Kier molecular flexibility index (Phi) is 3.79. The average Bonchev–Trinajstić information content (AvgIpc) is 2.63. The van der Waals surface area contributed by atoms with E-state index in [9.17, 15) is 5.11 Å². The maximum atomic E-state index is 9.53. The summed E-state index contributed by atoms with van der Waals surface area (Å²) in [5.41, 5.74) is 0. The summed E-state index contributed by atoms with van der Waals surface area (Å²) in [5, 5.41) is 13.0. The Labute approximate surface area is 85.8 Å². The van der Waals surface area contributed by atoms with Crippen molar-refractivity contribution in [2.24, 2.45) is 5.92 Å². The molecule has 0 aromatic carbocycles. The number of hydrogen-bond acceptors (Lipinski definition) is 3. The summed E-state index contributed by atoms with van der Waals surface area (Å²) in [4.78, 5) is 0. The van der Waals surface area contributed by atoms with Crippen LogP contribution in [0.25, 0.3) is 0 Å². The second-order valence-corrected chi connectivity index (χ2v) is 4.62. The van der Waals surface area contributed by atoms with Crippen molar-refractivity contribution in [3.05, 3.63) is 0 Å². The molecule has 14 heavy (non-hydrogen) atoms. The van der Waals surface area contributed by atoms with Crippen LogP contribution in [-0.2, 0) is 4.74 Å². The number of nitrogens with one attached hydrogen (secondary N) is 1. The first-order valence-corrected chi connectivity index (χ1v) is 5.85. The summed E-state index contributed by atoms with van der Waals surface area (Å²) < 4.78 is 5.20. The normalized spacial score (nSPS) is 34.9. The Morgan fingerprint density at radius 1 is 1.14 bits per heavy atom. The lowest BCUT2D eigenvalue weighted by atomic mass is 9.89. The van der Waals surface area contributed by atoms with Crippen LogP contribution in [0.4, 0.5) is 0 Å². The number of aliphatic hydroxyl groups excluding tert-OH is 1. The van der Waals surface area contributed by atoms with Gasteiger partial charge in [-0.3, -0.25) is 0 Å². The van der Waals surface area contributed by atoms with Gasteiger partial charge in [0.15, 0.2) is 0 Å². The largest absolute Gasteiger partial charge is 0.389 e. The van der Waals surface area contributed by atoms with Crippen molar-refractivity contribution in [2.45, 2.75) is 44.2 Å². The van der Waals surface area contributed by atoms with Gasteiger partial charge in [-0.15, -0.1) is 0 Å². The van der Waals surface area contributed by atoms with E-state index in [0.29, 0.717) is 13.2 Å². The highest BCUT2D eigenvalue weighted by Gasteiger charge is 2.26. The molecule has 1 aliphatic heterocycles. The van der Waals surface area contributed by atoms with Crippen LogP contribution in [0.15, 0.2) is 0 Å². The van der Waals surface area contributed by atoms with Crippen LogP contribution in [-0.4, -0.2) is 37.0 Å². The summed E-state index contributed by atoms with van der Waals surface area (Å²) in [6.45, 7) is 2.24. The zero-order valence-corrected chi connectivity index (χ0v) is 8.74. The highest BCUT2D eigenvalue weighted by atomic mass is 16.5. The summed E-state index contributed by atoms with van der Waals surface area (Å²) >= 11 is 0. The second kappa shape index (κ2) is 5.10. The van der Waals surface area contributed by atoms with Crippen molar-refractivity contribution >= 4 is 0 Å². The van der Waals surface area contributed by atoms with E-state index in [1.807, 2.05) is 0 Å². The average molecular weight is 199 g/mol. The predicted octanol–water partition coefficient (Wildman–Crippen LogP) is 0.916. The molecule has 2 fully saturated rings. The quantitative estimate of drug-likeness (QED) is 0.710. The third-order valence-corrected chi connectivity index (χ3v) is 3.44. The van der Waals surface area contributed by atoms with E-state index in [-0.39, 0.29) is 12.1 Å². The Bertz CT molecular complexity index is 169. The van der Waals surface area contributed by atoms with Gasteiger partial charge in [-0.1, -0.05) is 19.3 Å². The minimum absolute atomic E-state index is 0.178. The van der Waals surface area contributed by atoms with Gasteiger partial charge in [-0.25, -0.2) is 0 Å². The van der Waals surface area contributed by atoms with Crippen molar-refractivity contribution in [3.63, 3.8) is 0 Å². The minimum atomic E-state index is -0.293. The fourth-order valence-electron chi connectivity index (χ4n) is 2.45. The highest BCUT2D eigenvalue weighted by Crippen LogP contribution is 2.23. The topological polar surface area (TPSA) is 41.5 Å². The van der Waals surface area contributed by atoms with Gasteiger partial charge in [0.1, 0.15) is 0 Å². The number of hydrogen-bond donors (Lipinski definition) is 2. The van der Waals surface area contributed by atoms with Gasteiger partial charge in [0.25, 0.3) is 0 Å². The van der Waals surface area contributed by atoms with Gasteiger partial charge in [0, 0.05) is 0 Å². The molecule has 2 rings (SSSR count). The van der Waals surface area contributed by atoms with E-state index < -0.39 is 0 Å². The van der Waals surface area contributed by atoms with E-state index in [1.54, 1.807) is 0 Å². The molecule has 0 spiro atoms. The van der Waals surface area contributed by atoms with Gasteiger partial charge in [0.05, 0.1) is 25.4 Å². The maximum absolute atomic E-state index is 9.53. The van der Waals surface area contributed by atoms with Crippen molar-refractivity contribution in [1.82, 2.24) is 5.32 Å². The molecule has 0 unspecified atom stereocenters. The van der Waals surface area contributed by atoms with Gasteiger partial charge in [0.2, 0.25) is 0 Å². The highest BCUT2D eigenvalue weighted by molar-refractivity contribution is 4.81. The van der Waals surface area contributed by atoms with Crippen LogP contribution >= 0.6 is 0 Å². The lowest BCUT2D eigenvalue weighted by Crippen LogP contribution is -2.41. The van der Waals surface area contributed by atoms with Crippen LogP contribution in [0.5, 0.6) is 0 Å². The Hall–Kier alpha value is -0.120. The van der Waals surface area contributed by atoms with Gasteiger partial charge < -0.3 is 15.2 Å². The predicted molar refractivity (Wildman–Crippen MR) is 55.2 cm³/mol. The molecule has 0 bridgehead atoms. The SMILES string of the molecule is O[C@H]1COC[C@@H]1NCC1CCCCC1. The summed E-state index contributed by atoms with van der Waals surface area (Å²) in [6, 6.07) is 0.178. The van der Waals surface area contributed by atoms with Crippen LogP contribution in [0.1, 0.15) is 32.1 Å². The first kappa shape index (κ1) is 10.4. The molecule has 0 aromatic rings. The zero-order valence-electron chi connectivity index (χ0n) is 8.74. The van der Waals surface area contributed by atoms with Crippen molar-refractivity contribution in [1.29, 1.82) is 0 Å². The molecular formula is C11H21NO2. The number of ether oxygens (including phenoxy) is 1. The van der Waals surface area contributed by atoms with E-state index in [1.165, 1.54) is 32.1 Å². The number of rotatable bonds is 3. The molecule has 2 aliphatic rings. The molecule has 0 amide bonds. The molecule has 0 radical (unpaired) electrons. The number of aliphatic hydroxyl groups is 1. The minimum Gasteiger partial charge on any atom is -0.389 e. The lowest BCUT2D eigenvalue weighted by molar-refractivity contribution is 0.121. The van der Waals surface area contributed by atoms with E-state index in [0.717, 1.165) is 12.5 Å². The standard InChI is InChI=1S/C11H21NO2/c13-11-8-14-7-10(11)12-6-9-4-2-1-3-5-9/h9-13H,1-8H2/t10-,11-/m0/s1. The molecule has 3 heteroatoms. The van der Waals surface area contributed by atoms with E-state index >= 15 is 0 Å². The van der Waals surface area contributed by atoms with Crippen LogP contribution in [0.3, 0.4) is 0 Å². The third-order valence-electron chi connectivity index (χ3n) is 3.44. The Morgan fingerprint density at radius 3 is 2.57 bits per heavy atom. The van der Waals surface area contributed by atoms with Crippen LogP contribution in [0.2, 0.25) is 0 Å². The molecule has 1 saturated heterocycles. The summed E-state index contributed by atoms with van der Waals surface area (Å²) in [6.07, 6.45) is 6.60. The molecule has 82 valence electrons. The third kappa shape index (κ3) is 2.69. The molecular weight excluding hydrogens is 178 g/mol. The second-order valence-electron chi connectivity index (χ2n) is 4.62. The fourth-order valence-corrected chi connectivity index (χ4v) is 2.45. The molecule has 2 atom stereocenters.